The molecule has 12 nitrogen and oxygen atoms in total. The van der Waals surface area contributed by atoms with Crippen molar-refractivity contribution in [3.8, 4) is 0 Å². The monoisotopic (exact) mass is 574 g/mol. The molecule has 230 valence electrons. The van der Waals surface area contributed by atoms with Gasteiger partial charge in [-0.05, 0) is 40.2 Å². The standard InChI is InChI=1S/C28H46O12/c1-11-14(6)26(35)39-20-17(29)16(23(28(10,37)22(20)32)40-25(34)13(4)5)15(7)19(38-24(33)12(2)3)18(30)21(31)27(8,9)36/h11-13,16-23,29-32,36-37H,7H2,1-6,8-10H3/b14-11-/t16-,17-,18?,19-,20-,21-,22+,23-,28+/m0/s1. The summed E-state index contributed by atoms with van der Waals surface area (Å²) in [5, 5.41) is 65.9. The number of esters is 3. The van der Waals surface area contributed by atoms with Gasteiger partial charge in [0.1, 0.15) is 36.1 Å². The second kappa shape index (κ2) is 13.5. The Morgan fingerprint density at radius 1 is 1.00 bits per heavy atom. The van der Waals surface area contributed by atoms with Crippen molar-refractivity contribution in [1.82, 2.24) is 0 Å². The van der Waals surface area contributed by atoms with Gasteiger partial charge in [0.15, 0.2) is 12.2 Å². The highest BCUT2D eigenvalue weighted by Gasteiger charge is 2.61. The van der Waals surface area contributed by atoms with E-state index in [0.717, 1.165) is 6.92 Å². The fourth-order valence-electron chi connectivity index (χ4n) is 4.17. The van der Waals surface area contributed by atoms with Crippen molar-refractivity contribution in [1.29, 1.82) is 0 Å². The van der Waals surface area contributed by atoms with E-state index in [1.165, 1.54) is 54.5 Å². The number of hydrogen-bond donors (Lipinski definition) is 6. The molecule has 0 aromatic carbocycles. The molecule has 0 aromatic rings. The van der Waals surface area contributed by atoms with Crippen molar-refractivity contribution in [2.24, 2.45) is 17.8 Å². The zero-order chi connectivity index (χ0) is 31.5. The van der Waals surface area contributed by atoms with Crippen LogP contribution in [0.3, 0.4) is 0 Å². The van der Waals surface area contributed by atoms with Gasteiger partial charge in [-0.15, -0.1) is 0 Å². The molecule has 0 saturated heterocycles. The lowest BCUT2D eigenvalue weighted by Gasteiger charge is -2.51. The maximum absolute atomic E-state index is 12.7. The summed E-state index contributed by atoms with van der Waals surface area (Å²) in [5.41, 5.74) is -4.45. The highest BCUT2D eigenvalue weighted by molar-refractivity contribution is 5.87. The van der Waals surface area contributed by atoms with Gasteiger partial charge in [-0.3, -0.25) is 9.59 Å². The Morgan fingerprint density at radius 3 is 1.93 bits per heavy atom. The number of carbonyl (C=O) groups is 3. The third kappa shape index (κ3) is 7.89. The van der Waals surface area contributed by atoms with Gasteiger partial charge < -0.3 is 44.8 Å². The van der Waals surface area contributed by atoms with Gasteiger partial charge >= 0.3 is 17.9 Å². The third-order valence-electron chi connectivity index (χ3n) is 7.09. The molecule has 0 spiro atoms. The van der Waals surface area contributed by atoms with Crippen LogP contribution < -0.4 is 0 Å². The molecule has 0 amide bonds. The van der Waals surface area contributed by atoms with Crippen LogP contribution in [-0.4, -0.2) is 102 Å². The molecule has 40 heavy (non-hydrogen) atoms. The van der Waals surface area contributed by atoms with E-state index in [0.29, 0.717) is 0 Å². The number of aliphatic hydroxyl groups is 6. The first kappa shape index (κ1) is 35.7. The molecule has 1 saturated carbocycles. The smallest absolute Gasteiger partial charge is 0.333 e. The van der Waals surface area contributed by atoms with Crippen molar-refractivity contribution in [3.63, 3.8) is 0 Å². The van der Waals surface area contributed by atoms with Crippen LogP contribution in [0.4, 0.5) is 0 Å². The van der Waals surface area contributed by atoms with Crippen LogP contribution in [0.1, 0.15) is 62.3 Å². The summed E-state index contributed by atoms with van der Waals surface area (Å²) in [4.78, 5) is 37.8. The van der Waals surface area contributed by atoms with Gasteiger partial charge in [0.2, 0.25) is 0 Å². The van der Waals surface area contributed by atoms with Crippen LogP contribution in [0, 0.1) is 17.8 Å². The van der Waals surface area contributed by atoms with E-state index in [9.17, 15) is 45.0 Å². The number of ether oxygens (including phenoxy) is 3. The molecule has 1 rings (SSSR count). The summed E-state index contributed by atoms with van der Waals surface area (Å²) in [6.07, 6.45) is -11.7. The molecule has 1 fully saturated rings. The van der Waals surface area contributed by atoms with Crippen LogP contribution >= 0.6 is 0 Å². The summed E-state index contributed by atoms with van der Waals surface area (Å²) in [7, 11) is 0. The molecule has 12 heteroatoms. The summed E-state index contributed by atoms with van der Waals surface area (Å²) in [6.45, 7) is 16.4. The van der Waals surface area contributed by atoms with E-state index in [2.05, 4.69) is 6.58 Å². The average molecular weight is 575 g/mol. The molecular formula is C28H46O12. The Kier molecular flexibility index (Phi) is 12.1. The molecular weight excluding hydrogens is 528 g/mol. The molecule has 1 aliphatic carbocycles. The molecule has 9 atom stereocenters. The highest BCUT2D eigenvalue weighted by Crippen LogP contribution is 2.43. The average Bonchev–Trinajstić information content (AvgIpc) is 2.85. The predicted molar refractivity (Wildman–Crippen MR) is 142 cm³/mol. The fraction of sp³-hybridized carbons (Fsp3) is 0.750. The molecule has 0 heterocycles. The second-order valence-electron chi connectivity index (χ2n) is 11.7. The Balaban J connectivity index is 3.79. The minimum atomic E-state index is -2.36. The first-order valence-corrected chi connectivity index (χ1v) is 13.2. The van der Waals surface area contributed by atoms with Crippen molar-refractivity contribution in [3.05, 3.63) is 23.8 Å². The lowest BCUT2D eigenvalue weighted by molar-refractivity contribution is -0.257. The fourth-order valence-corrected chi connectivity index (χ4v) is 4.17. The SMILES string of the molecule is C=C([C@H]1[C@H](O)[C@H](OC(=O)/C(C)=C\C)[C@@H](O)[C@@](C)(O)[C@H]1OC(=O)C(C)C)[C@H](OC(=O)C(C)C)C(O)[C@H](O)C(C)(C)O. The lowest BCUT2D eigenvalue weighted by Crippen LogP contribution is -2.70. The molecule has 1 aliphatic rings. The second-order valence-corrected chi connectivity index (χ2v) is 11.7. The van der Waals surface area contributed by atoms with Crippen molar-refractivity contribution < 1.29 is 59.2 Å². The molecule has 1 unspecified atom stereocenters. The molecule has 0 aliphatic heterocycles. The maximum atomic E-state index is 12.7. The Morgan fingerprint density at radius 2 is 1.50 bits per heavy atom. The van der Waals surface area contributed by atoms with Crippen LogP contribution in [-0.2, 0) is 28.6 Å². The van der Waals surface area contributed by atoms with E-state index in [-0.39, 0.29) is 11.1 Å². The van der Waals surface area contributed by atoms with Crippen LogP contribution in [0.2, 0.25) is 0 Å². The molecule has 6 N–H and O–H groups in total. The summed E-state index contributed by atoms with van der Waals surface area (Å²) < 4.78 is 16.3. The Bertz CT molecular complexity index is 961. The van der Waals surface area contributed by atoms with Gasteiger partial charge in [-0.2, -0.15) is 0 Å². The molecule has 0 aromatic heterocycles. The normalized spacial score (nSPS) is 29.9. The molecule has 0 radical (unpaired) electrons. The largest absolute Gasteiger partial charge is 0.458 e. The Labute approximate surface area is 235 Å². The van der Waals surface area contributed by atoms with E-state index in [1.54, 1.807) is 6.92 Å². The minimum absolute atomic E-state index is 0.134. The number of rotatable bonds is 11. The summed E-state index contributed by atoms with van der Waals surface area (Å²) in [6, 6.07) is 0. The van der Waals surface area contributed by atoms with Crippen LogP contribution in [0.15, 0.2) is 23.8 Å². The lowest BCUT2D eigenvalue weighted by atomic mass is 9.67. The van der Waals surface area contributed by atoms with Gasteiger partial charge in [-0.1, -0.05) is 40.3 Å². The zero-order valence-corrected chi connectivity index (χ0v) is 24.7. The highest BCUT2D eigenvalue weighted by atomic mass is 16.6. The Hall–Kier alpha value is -2.35. The summed E-state index contributed by atoms with van der Waals surface area (Å²) in [5.74, 6) is -5.61. The van der Waals surface area contributed by atoms with Crippen molar-refractivity contribution >= 4 is 17.9 Å². The molecule has 0 bridgehead atoms. The predicted octanol–water partition coefficient (Wildman–Crippen LogP) is 0.152. The van der Waals surface area contributed by atoms with E-state index in [4.69, 9.17) is 14.2 Å². The first-order chi connectivity index (χ1) is 18.1. The minimum Gasteiger partial charge on any atom is -0.458 e. The van der Waals surface area contributed by atoms with Crippen molar-refractivity contribution in [2.75, 3.05) is 0 Å². The van der Waals surface area contributed by atoms with E-state index < -0.39 is 89.6 Å². The quantitative estimate of drug-likeness (QED) is 0.0846. The summed E-state index contributed by atoms with van der Waals surface area (Å²) >= 11 is 0. The number of hydrogen-bond acceptors (Lipinski definition) is 12. The zero-order valence-electron chi connectivity index (χ0n) is 24.7. The van der Waals surface area contributed by atoms with Crippen LogP contribution in [0.25, 0.3) is 0 Å². The third-order valence-corrected chi connectivity index (χ3v) is 7.09. The van der Waals surface area contributed by atoms with Crippen molar-refractivity contribution in [2.45, 2.75) is 116 Å². The number of carbonyl (C=O) groups excluding carboxylic acids is 3. The van der Waals surface area contributed by atoms with E-state index >= 15 is 0 Å². The van der Waals surface area contributed by atoms with Gasteiger partial charge in [-0.25, -0.2) is 4.79 Å². The van der Waals surface area contributed by atoms with Crippen LogP contribution in [0.5, 0.6) is 0 Å². The number of allylic oxidation sites excluding steroid dienone is 1. The van der Waals surface area contributed by atoms with E-state index in [1.807, 2.05) is 0 Å². The first-order valence-electron chi connectivity index (χ1n) is 13.2. The van der Waals surface area contributed by atoms with Gasteiger partial charge in [0.25, 0.3) is 0 Å². The van der Waals surface area contributed by atoms with Gasteiger partial charge in [0.05, 0.1) is 23.4 Å². The number of aliphatic hydroxyl groups excluding tert-OH is 4. The maximum Gasteiger partial charge on any atom is 0.333 e. The topological polar surface area (TPSA) is 200 Å². The van der Waals surface area contributed by atoms with Gasteiger partial charge in [0, 0.05) is 5.57 Å².